The normalized spacial score (nSPS) is 22.8. The molecule has 0 radical (unpaired) electrons. The molecular formula is C27H31N5O3. The number of aromatic nitrogens is 4. The maximum Gasteiger partial charge on any atom is 0.168 e. The van der Waals surface area contributed by atoms with Crippen LogP contribution in [0.4, 0.5) is 11.5 Å². The van der Waals surface area contributed by atoms with Gasteiger partial charge in [0, 0.05) is 54.9 Å². The van der Waals surface area contributed by atoms with Crippen molar-refractivity contribution in [1.82, 2.24) is 19.7 Å². The Bertz CT molecular complexity index is 1200. The summed E-state index contributed by atoms with van der Waals surface area (Å²) >= 11 is 0. The second-order valence-electron chi connectivity index (χ2n) is 9.69. The smallest absolute Gasteiger partial charge is 0.168 e. The molecule has 4 heterocycles. The van der Waals surface area contributed by atoms with Gasteiger partial charge >= 0.3 is 0 Å². The van der Waals surface area contributed by atoms with Gasteiger partial charge in [-0.15, -0.1) is 0 Å². The fraction of sp³-hybridized carbons (Fsp3) is 0.444. The van der Waals surface area contributed by atoms with Crippen LogP contribution in [0.5, 0.6) is 11.5 Å². The standard InChI is InChI=1S/C27H31N5O3/c33-22-5-1-18(2-6-22)24-15-20(7-11-28-24)30-26-16-23(8-12-29-26)35-25-17-32(21-3-4-21)31-27(25)19-9-13-34-14-10-19/h1,5,7-8,11-12,15-19,21-22,33H,2-4,6,9-10,13-14H2,(H,28,29,30). The van der Waals surface area contributed by atoms with E-state index >= 15 is 0 Å². The van der Waals surface area contributed by atoms with E-state index in [9.17, 15) is 5.11 Å². The molecule has 3 aromatic heterocycles. The van der Waals surface area contributed by atoms with E-state index in [4.69, 9.17) is 14.6 Å². The zero-order valence-electron chi connectivity index (χ0n) is 19.7. The average molecular weight is 474 g/mol. The van der Waals surface area contributed by atoms with Gasteiger partial charge in [0.1, 0.15) is 17.3 Å². The monoisotopic (exact) mass is 473 g/mol. The van der Waals surface area contributed by atoms with Crippen LogP contribution in [0.1, 0.15) is 67.8 Å². The van der Waals surface area contributed by atoms with Gasteiger partial charge in [-0.25, -0.2) is 4.98 Å². The molecule has 1 saturated heterocycles. The van der Waals surface area contributed by atoms with E-state index in [2.05, 4.69) is 26.2 Å². The maximum atomic E-state index is 9.73. The SMILES string of the molecule is OC1C=CC(c2cc(Nc3cc(Oc4cn(C5CC5)nc4C4CCOCC4)ccn3)ccn2)CC1. The first-order valence-corrected chi connectivity index (χ1v) is 12.6. The van der Waals surface area contributed by atoms with Gasteiger partial charge < -0.3 is 19.9 Å². The lowest BCUT2D eigenvalue weighted by molar-refractivity contribution is 0.0839. The number of pyridine rings is 2. The minimum Gasteiger partial charge on any atom is -0.454 e. The van der Waals surface area contributed by atoms with Gasteiger partial charge in [-0.1, -0.05) is 12.2 Å². The highest BCUT2D eigenvalue weighted by atomic mass is 16.5. The molecule has 0 amide bonds. The van der Waals surface area contributed by atoms with E-state index in [-0.39, 0.29) is 12.0 Å². The molecule has 8 nitrogen and oxygen atoms in total. The van der Waals surface area contributed by atoms with E-state index in [1.54, 1.807) is 6.20 Å². The molecule has 8 heteroatoms. The molecular weight excluding hydrogens is 442 g/mol. The average Bonchev–Trinajstić information content (AvgIpc) is 3.66. The van der Waals surface area contributed by atoms with Crippen LogP contribution in [-0.2, 0) is 4.74 Å². The summed E-state index contributed by atoms with van der Waals surface area (Å²) in [4.78, 5) is 9.03. The van der Waals surface area contributed by atoms with Gasteiger partial charge in [-0.05, 0) is 56.7 Å². The second-order valence-corrected chi connectivity index (χ2v) is 9.69. The third-order valence-corrected chi connectivity index (χ3v) is 6.99. The lowest BCUT2D eigenvalue weighted by atomic mass is 9.91. The molecule has 182 valence electrons. The molecule has 0 spiro atoms. The van der Waals surface area contributed by atoms with E-state index in [1.165, 1.54) is 12.8 Å². The number of nitrogens with zero attached hydrogens (tertiary/aromatic N) is 4. The van der Waals surface area contributed by atoms with Gasteiger partial charge in [0.15, 0.2) is 5.75 Å². The minimum atomic E-state index is -0.345. The van der Waals surface area contributed by atoms with Gasteiger partial charge in [-0.3, -0.25) is 9.67 Å². The van der Waals surface area contributed by atoms with Crippen LogP contribution in [0.15, 0.2) is 55.0 Å². The van der Waals surface area contributed by atoms with E-state index in [0.717, 1.165) is 67.5 Å². The molecule has 0 bridgehead atoms. The quantitative estimate of drug-likeness (QED) is 0.454. The van der Waals surface area contributed by atoms with Crippen molar-refractivity contribution in [3.05, 3.63) is 66.4 Å². The van der Waals surface area contributed by atoms with Gasteiger partial charge in [-0.2, -0.15) is 5.10 Å². The molecule has 2 fully saturated rings. The minimum absolute atomic E-state index is 0.217. The molecule has 3 aliphatic rings. The first kappa shape index (κ1) is 22.2. The van der Waals surface area contributed by atoms with Crippen LogP contribution in [-0.4, -0.2) is 44.2 Å². The highest BCUT2D eigenvalue weighted by molar-refractivity contribution is 5.58. The maximum absolute atomic E-state index is 9.73. The summed E-state index contributed by atoms with van der Waals surface area (Å²) in [6.45, 7) is 1.55. The summed E-state index contributed by atoms with van der Waals surface area (Å²) in [5, 5.41) is 18.0. The third kappa shape index (κ3) is 5.23. The topological polar surface area (TPSA) is 94.3 Å². The van der Waals surface area contributed by atoms with Crippen molar-refractivity contribution >= 4 is 11.5 Å². The number of aliphatic hydroxyl groups excluding tert-OH is 1. The summed E-state index contributed by atoms with van der Waals surface area (Å²) < 4.78 is 14.0. The number of aliphatic hydroxyl groups is 1. The Morgan fingerprint density at radius 2 is 1.83 bits per heavy atom. The number of hydrogen-bond donors (Lipinski definition) is 2. The Labute approximate surface area is 205 Å². The molecule has 6 rings (SSSR count). The van der Waals surface area contributed by atoms with E-state index in [1.807, 2.05) is 42.6 Å². The molecule has 1 saturated carbocycles. The predicted octanol–water partition coefficient (Wildman–Crippen LogP) is 5.23. The molecule has 2 atom stereocenters. The Kier molecular flexibility index (Phi) is 6.22. The molecule has 35 heavy (non-hydrogen) atoms. The van der Waals surface area contributed by atoms with Crippen molar-refractivity contribution in [1.29, 1.82) is 0 Å². The lowest BCUT2D eigenvalue weighted by Gasteiger charge is -2.21. The Balaban J connectivity index is 1.19. The first-order chi connectivity index (χ1) is 17.2. The number of hydrogen-bond acceptors (Lipinski definition) is 7. The molecule has 2 aliphatic carbocycles. The van der Waals surface area contributed by atoms with E-state index in [0.29, 0.717) is 17.8 Å². The summed E-state index contributed by atoms with van der Waals surface area (Å²) in [7, 11) is 0. The second kappa shape index (κ2) is 9.79. The zero-order chi connectivity index (χ0) is 23.6. The summed E-state index contributed by atoms with van der Waals surface area (Å²) in [6, 6.07) is 8.28. The number of ether oxygens (including phenoxy) is 2. The van der Waals surface area contributed by atoms with Crippen molar-refractivity contribution < 1.29 is 14.6 Å². The van der Waals surface area contributed by atoms with Crippen LogP contribution in [0.25, 0.3) is 0 Å². The van der Waals surface area contributed by atoms with Gasteiger partial charge in [0.25, 0.3) is 0 Å². The van der Waals surface area contributed by atoms with Crippen molar-refractivity contribution in [2.75, 3.05) is 18.5 Å². The zero-order valence-corrected chi connectivity index (χ0v) is 19.7. The van der Waals surface area contributed by atoms with Crippen molar-refractivity contribution in [3.63, 3.8) is 0 Å². The van der Waals surface area contributed by atoms with Crippen molar-refractivity contribution in [3.8, 4) is 11.5 Å². The molecule has 2 N–H and O–H groups in total. The largest absolute Gasteiger partial charge is 0.454 e. The Morgan fingerprint density at radius 1 is 0.971 bits per heavy atom. The van der Waals surface area contributed by atoms with Crippen molar-refractivity contribution in [2.24, 2.45) is 0 Å². The highest BCUT2D eigenvalue weighted by Crippen LogP contribution is 2.40. The number of allylic oxidation sites excluding steroid dienone is 1. The predicted molar refractivity (Wildman–Crippen MR) is 132 cm³/mol. The molecule has 0 aromatic carbocycles. The number of nitrogens with one attached hydrogen (secondary N) is 1. The Morgan fingerprint density at radius 3 is 2.63 bits per heavy atom. The summed E-state index contributed by atoms with van der Waals surface area (Å²) in [6.07, 6.45) is 15.1. The Hall–Kier alpha value is -3.23. The van der Waals surface area contributed by atoms with Gasteiger partial charge in [0.05, 0.1) is 18.3 Å². The highest BCUT2D eigenvalue weighted by Gasteiger charge is 2.29. The lowest BCUT2D eigenvalue weighted by Crippen LogP contribution is -2.15. The first-order valence-electron chi connectivity index (χ1n) is 12.6. The van der Waals surface area contributed by atoms with E-state index < -0.39 is 0 Å². The molecule has 2 unspecified atom stereocenters. The van der Waals surface area contributed by atoms with Crippen LogP contribution >= 0.6 is 0 Å². The van der Waals surface area contributed by atoms with Crippen LogP contribution < -0.4 is 10.1 Å². The molecule has 3 aromatic rings. The van der Waals surface area contributed by atoms with Crippen LogP contribution in [0.3, 0.4) is 0 Å². The third-order valence-electron chi connectivity index (χ3n) is 6.99. The van der Waals surface area contributed by atoms with Crippen LogP contribution in [0.2, 0.25) is 0 Å². The van der Waals surface area contributed by atoms with Gasteiger partial charge in [0.2, 0.25) is 0 Å². The number of anilines is 2. The van der Waals surface area contributed by atoms with Crippen molar-refractivity contribution in [2.45, 2.75) is 62.5 Å². The van der Waals surface area contributed by atoms with Crippen LogP contribution in [0, 0.1) is 0 Å². The summed E-state index contributed by atoms with van der Waals surface area (Å²) in [5.74, 6) is 2.84. The number of rotatable bonds is 7. The summed E-state index contributed by atoms with van der Waals surface area (Å²) in [5.41, 5.74) is 2.94. The molecule has 1 aliphatic heterocycles. The fourth-order valence-electron chi connectivity index (χ4n) is 4.85. The fourth-order valence-corrected chi connectivity index (χ4v) is 4.85.